The van der Waals surface area contributed by atoms with Crippen LogP contribution in [0.5, 0.6) is 0 Å². The smallest absolute Gasteiger partial charge is 0.294 e. The minimum atomic E-state index is -4.02. The molecular formula is C18H18O4S. The van der Waals surface area contributed by atoms with Crippen molar-refractivity contribution in [3.8, 4) is 11.8 Å². The Morgan fingerprint density at radius 2 is 1.57 bits per heavy atom. The molecule has 0 unspecified atom stereocenters. The maximum atomic E-state index is 10.5. The monoisotopic (exact) mass is 330 g/mol. The van der Waals surface area contributed by atoms with Crippen LogP contribution in [0.2, 0.25) is 0 Å². The molecule has 1 fully saturated rings. The highest BCUT2D eigenvalue weighted by Crippen LogP contribution is 2.33. The Bertz CT molecular complexity index is 809. The van der Waals surface area contributed by atoms with E-state index >= 15 is 0 Å². The molecule has 1 aliphatic carbocycles. The summed E-state index contributed by atoms with van der Waals surface area (Å²) in [5, 5.41) is 9.42. The second-order valence-corrected chi connectivity index (χ2v) is 6.86. The molecule has 2 aromatic rings. The molecule has 120 valence electrons. The summed E-state index contributed by atoms with van der Waals surface area (Å²) in [7, 11) is -4.02. The van der Waals surface area contributed by atoms with Crippen LogP contribution in [0.3, 0.4) is 0 Å². The second kappa shape index (κ2) is 6.97. The first kappa shape index (κ1) is 17.2. The van der Waals surface area contributed by atoms with E-state index in [1.165, 1.54) is 12.1 Å². The van der Waals surface area contributed by atoms with Gasteiger partial charge < -0.3 is 5.11 Å². The third-order valence-corrected chi connectivity index (χ3v) is 4.12. The summed E-state index contributed by atoms with van der Waals surface area (Å²) in [6, 6.07) is 15.7. The van der Waals surface area contributed by atoms with Crippen LogP contribution in [0, 0.1) is 18.8 Å². The van der Waals surface area contributed by atoms with E-state index in [1.807, 2.05) is 37.3 Å². The van der Waals surface area contributed by atoms with E-state index in [0.717, 1.165) is 24.0 Å². The summed E-state index contributed by atoms with van der Waals surface area (Å²) in [6.45, 7) is 1.84. The average Bonchev–Trinajstić information content (AvgIpc) is 3.25. The molecule has 0 bridgehead atoms. The van der Waals surface area contributed by atoms with E-state index in [0.29, 0.717) is 0 Å². The van der Waals surface area contributed by atoms with Crippen LogP contribution in [-0.2, 0) is 10.1 Å². The van der Waals surface area contributed by atoms with Gasteiger partial charge in [-0.05, 0) is 44.0 Å². The number of rotatable bonds is 1. The third kappa shape index (κ3) is 5.87. The lowest BCUT2D eigenvalue weighted by atomic mass is 10.2. The van der Waals surface area contributed by atoms with Gasteiger partial charge in [0.1, 0.15) is 5.60 Å². The van der Waals surface area contributed by atoms with Gasteiger partial charge in [-0.25, -0.2) is 0 Å². The summed E-state index contributed by atoms with van der Waals surface area (Å²) in [6.07, 6.45) is 1.65. The fourth-order valence-corrected chi connectivity index (χ4v) is 2.14. The second-order valence-electron chi connectivity index (χ2n) is 5.44. The van der Waals surface area contributed by atoms with E-state index in [-0.39, 0.29) is 4.90 Å². The largest absolute Gasteiger partial charge is 0.378 e. The molecule has 5 heteroatoms. The fraction of sp³-hybridized carbons (Fsp3) is 0.222. The Morgan fingerprint density at radius 1 is 1.00 bits per heavy atom. The summed E-state index contributed by atoms with van der Waals surface area (Å²) >= 11 is 0. The van der Waals surface area contributed by atoms with E-state index in [4.69, 9.17) is 4.55 Å². The van der Waals surface area contributed by atoms with Gasteiger partial charge >= 0.3 is 0 Å². The molecular weight excluding hydrogens is 312 g/mol. The summed E-state index contributed by atoms with van der Waals surface area (Å²) < 4.78 is 29.6. The zero-order valence-electron chi connectivity index (χ0n) is 12.7. The Labute approximate surface area is 136 Å². The molecule has 1 saturated carbocycles. The normalized spacial score (nSPS) is 14.7. The minimum absolute atomic E-state index is 0.0666. The standard InChI is InChI=1S/C11H10O.C7H8O3S/c12-11(8-9-11)7-6-10-4-2-1-3-5-10;1-6-2-4-7(5-3-6)11(8,9)10/h1-5,12H,8-9H2;2-5H,1H3,(H,8,9,10). The third-order valence-electron chi connectivity index (χ3n) is 3.26. The van der Waals surface area contributed by atoms with Crippen molar-refractivity contribution >= 4 is 10.1 Å². The molecule has 0 heterocycles. The van der Waals surface area contributed by atoms with Crippen molar-refractivity contribution in [1.82, 2.24) is 0 Å². The highest BCUT2D eigenvalue weighted by Gasteiger charge is 2.38. The highest BCUT2D eigenvalue weighted by atomic mass is 32.2. The number of hydrogen-bond acceptors (Lipinski definition) is 3. The fourth-order valence-electron chi connectivity index (χ4n) is 1.66. The van der Waals surface area contributed by atoms with Gasteiger partial charge in [0, 0.05) is 5.56 Å². The van der Waals surface area contributed by atoms with Gasteiger partial charge in [0.25, 0.3) is 10.1 Å². The zero-order valence-corrected chi connectivity index (χ0v) is 13.5. The predicted molar refractivity (Wildman–Crippen MR) is 88.5 cm³/mol. The van der Waals surface area contributed by atoms with Gasteiger partial charge in [-0.1, -0.05) is 47.7 Å². The van der Waals surface area contributed by atoms with E-state index < -0.39 is 15.7 Å². The molecule has 3 rings (SSSR count). The topological polar surface area (TPSA) is 74.6 Å². The van der Waals surface area contributed by atoms with Gasteiger partial charge in [-0.2, -0.15) is 8.42 Å². The quantitative estimate of drug-likeness (QED) is 0.623. The number of aryl methyl sites for hydroxylation is 1. The van der Waals surface area contributed by atoms with Crippen LogP contribution in [0.1, 0.15) is 24.0 Å². The van der Waals surface area contributed by atoms with Crippen molar-refractivity contribution in [2.24, 2.45) is 0 Å². The molecule has 0 aliphatic heterocycles. The molecule has 0 radical (unpaired) electrons. The molecule has 1 aliphatic rings. The SMILES string of the molecule is Cc1ccc(S(=O)(=O)O)cc1.OC1(C#Cc2ccccc2)CC1. The van der Waals surface area contributed by atoms with Crippen molar-refractivity contribution in [1.29, 1.82) is 0 Å². The zero-order chi connectivity index (χ0) is 16.9. The van der Waals surface area contributed by atoms with Gasteiger partial charge in [0.05, 0.1) is 4.90 Å². The van der Waals surface area contributed by atoms with Crippen molar-refractivity contribution in [3.05, 3.63) is 65.7 Å². The first-order chi connectivity index (χ1) is 10.8. The summed E-state index contributed by atoms with van der Waals surface area (Å²) in [5.41, 5.74) is 1.27. The summed E-state index contributed by atoms with van der Waals surface area (Å²) in [5.74, 6) is 5.80. The van der Waals surface area contributed by atoms with E-state index in [9.17, 15) is 13.5 Å². The van der Waals surface area contributed by atoms with Gasteiger partial charge in [0.2, 0.25) is 0 Å². The highest BCUT2D eigenvalue weighted by molar-refractivity contribution is 7.85. The summed E-state index contributed by atoms with van der Waals surface area (Å²) in [4.78, 5) is -0.0666. The molecule has 0 spiro atoms. The Balaban J connectivity index is 0.000000168. The van der Waals surface area contributed by atoms with Crippen LogP contribution in [0.15, 0.2) is 59.5 Å². The first-order valence-corrected chi connectivity index (χ1v) is 8.57. The predicted octanol–water partition coefficient (Wildman–Crippen LogP) is 2.80. The van der Waals surface area contributed by atoms with E-state index in [1.54, 1.807) is 12.1 Å². The van der Waals surface area contributed by atoms with Crippen LogP contribution in [-0.4, -0.2) is 23.7 Å². The molecule has 23 heavy (non-hydrogen) atoms. The van der Waals surface area contributed by atoms with Crippen LogP contribution < -0.4 is 0 Å². The number of aliphatic hydroxyl groups is 1. The maximum absolute atomic E-state index is 10.5. The van der Waals surface area contributed by atoms with Gasteiger partial charge in [-0.3, -0.25) is 4.55 Å². The van der Waals surface area contributed by atoms with Crippen molar-refractivity contribution in [2.45, 2.75) is 30.3 Å². The Kier molecular flexibility index (Phi) is 5.22. The molecule has 2 aromatic carbocycles. The Morgan fingerprint density at radius 3 is 2.04 bits per heavy atom. The van der Waals surface area contributed by atoms with Gasteiger partial charge in [-0.15, -0.1) is 0 Å². The number of hydrogen-bond donors (Lipinski definition) is 2. The first-order valence-electron chi connectivity index (χ1n) is 7.13. The average molecular weight is 330 g/mol. The minimum Gasteiger partial charge on any atom is -0.378 e. The van der Waals surface area contributed by atoms with Crippen LogP contribution in [0.25, 0.3) is 0 Å². The lowest BCUT2D eigenvalue weighted by Crippen LogP contribution is -2.00. The van der Waals surface area contributed by atoms with Gasteiger partial charge in [0.15, 0.2) is 0 Å². The molecule has 2 N–H and O–H groups in total. The lowest BCUT2D eigenvalue weighted by Gasteiger charge is -1.95. The van der Waals surface area contributed by atoms with Crippen LogP contribution >= 0.6 is 0 Å². The molecule has 0 amide bonds. The number of benzene rings is 2. The maximum Gasteiger partial charge on any atom is 0.294 e. The molecule has 0 atom stereocenters. The van der Waals surface area contributed by atoms with Crippen molar-refractivity contribution < 1.29 is 18.1 Å². The van der Waals surface area contributed by atoms with Crippen LogP contribution in [0.4, 0.5) is 0 Å². The van der Waals surface area contributed by atoms with Crippen molar-refractivity contribution in [3.63, 3.8) is 0 Å². The van der Waals surface area contributed by atoms with Crippen molar-refractivity contribution in [2.75, 3.05) is 0 Å². The Hall–Kier alpha value is -2.13. The molecule has 4 nitrogen and oxygen atoms in total. The van der Waals surface area contributed by atoms with E-state index in [2.05, 4.69) is 11.8 Å². The molecule has 0 aromatic heterocycles. The lowest BCUT2D eigenvalue weighted by molar-refractivity contribution is 0.212. The molecule has 0 saturated heterocycles.